The van der Waals surface area contributed by atoms with Gasteiger partial charge in [-0.2, -0.15) is 0 Å². The van der Waals surface area contributed by atoms with Crippen molar-refractivity contribution in [1.82, 2.24) is 15.2 Å². The molecule has 2 aromatic rings. The molecule has 3 N–H and O–H groups in total. The van der Waals surface area contributed by atoms with E-state index in [1.54, 1.807) is 11.4 Å². The highest BCUT2D eigenvalue weighted by molar-refractivity contribution is 7.13. The molecule has 2 atom stereocenters. The van der Waals surface area contributed by atoms with E-state index < -0.39 is 0 Å². The Morgan fingerprint density at radius 3 is 2.66 bits per heavy atom. The lowest BCUT2D eigenvalue weighted by molar-refractivity contribution is 0.0947. The van der Waals surface area contributed by atoms with E-state index in [4.69, 9.17) is 5.73 Å². The van der Waals surface area contributed by atoms with Crippen LogP contribution in [-0.4, -0.2) is 54.6 Å². The highest BCUT2D eigenvalue weighted by Crippen LogP contribution is 2.35. The lowest BCUT2D eigenvalue weighted by atomic mass is 10.1. The standard InChI is InChI=1S/C21H28FN5OS/c1-12-9-27(10-13(2)26(12)3)19-7-16(22)15(6-17(19)23)21-25-18(11-29-21)20(28)24-8-14-4-5-14/h6-7,11-14H,4-5,8-10,23H2,1-3H3,(H,24,28). The summed E-state index contributed by atoms with van der Waals surface area (Å²) in [7, 11) is 2.11. The third kappa shape index (κ3) is 4.23. The molecule has 29 heavy (non-hydrogen) atoms. The van der Waals surface area contributed by atoms with Crippen LogP contribution in [0.4, 0.5) is 15.8 Å². The van der Waals surface area contributed by atoms with Crippen LogP contribution in [0.3, 0.4) is 0 Å². The number of halogens is 1. The number of piperazine rings is 1. The maximum absolute atomic E-state index is 15.0. The first-order valence-corrected chi connectivity index (χ1v) is 11.0. The van der Waals surface area contributed by atoms with Crippen molar-refractivity contribution in [1.29, 1.82) is 0 Å². The van der Waals surface area contributed by atoms with E-state index in [9.17, 15) is 9.18 Å². The zero-order chi connectivity index (χ0) is 20.7. The molecule has 1 aliphatic carbocycles. The number of nitrogens with one attached hydrogen (secondary N) is 1. The van der Waals surface area contributed by atoms with Gasteiger partial charge in [0.2, 0.25) is 0 Å². The van der Waals surface area contributed by atoms with Crippen LogP contribution in [0, 0.1) is 11.7 Å². The number of nitrogen functional groups attached to an aromatic ring is 1. The molecular weight excluding hydrogens is 389 g/mol. The summed E-state index contributed by atoms with van der Waals surface area (Å²) in [5, 5.41) is 5.03. The number of aromatic nitrogens is 1. The second-order valence-corrected chi connectivity index (χ2v) is 9.21. The number of carbonyl (C=O) groups is 1. The number of hydrogen-bond donors (Lipinski definition) is 2. The SMILES string of the molecule is CC1CN(c2cc(F)c(-c3nc(C(=O)NCC4CC4)cs3)cc2N)CC(C)N1C. The minimum atomic E-state index is -0.368. The molecule has 0 radical (unpaired) electrons. The zero-order valence-corrected chi connectivity index (χ0v) is 17.9. The van der Waals surface area contributed by atoms with Crippen LogP contribution in [0.5, 0.6) is 0 Å². The largest absolute Gasteiger partial charge is 0.397 e. The molecule has 1 amide bonds. The van der Waals surface area contributed by atoms with Crippen molar-refractivity contribution < 1.29 is 9.18 Å². The average Bonchev–Trinajstić information content (AvgIpc) is 3.39. The number of rotatable bonds is 5. The molecule has 2 heterocycles. The summed E-state index contributed by atoms with van der Waals surface area (Å²) in [6, 6.07) is 3.86. The van der Waals surface area contributed by atoms with Crippen molar-refractivity contribution in [3.8, 4) is 10.6 Å². The van der Waals surface area contributed by atoms with Gasteiger partial charge < -0.3 is 16.0 Å². The summed E-state index contributed by atoms with van der Waals surface area (Å²) >= 11 is 1.26. The van der Waals surface area contributed by atoms with Crippen molar-refractivity contribution in [2.24, 2.45) is 5.92 Å². The topological polar surface area (TPSA) is 74.5 Å². The van der Waals surface area contributed by atoms with Crippen LogP contribution in [0.15, 0.2) is 17.5 Å². The number of anilines is 2. The predicted octanol–water partition coefficient (Wildman–Crippen LogP) is 3.20. The fourth-order valence-corrected chi connectivity index (χ4v) is 4.59. The van der Waals surface area contributed by atoms with E-state index in [1.165, 1.54) is 30.2 Å². The Kier molecular flexibility index (Phi) is 5.48. The molecule has 2 aliphatic rings. The van der Waals surface area contributed by atoms with Crippen LogP contribution < -0.4 is 16.0 Å². The Bertz CT molecular complexity index is 900. The van der Waals surface area contributed by atoms with Gasteiger partial charge in [-0.3, -0.25) is 9.69 Å². The molecule has 1 aliphatic heterocycles. The Morgan fingerprint density at radius 2 is 2.00 bits per heavy atom. The number of amides is 1. The van der Waals surface area contributed by atoms with Crippen LogP contribution in [0.2, 0.25) is 0 Å². The maximum atomic E-state index is 15.0. The zero-order valence-electron chi connectivity index (χ0n) is 17.1. The van der Waals surface area contributed by atoms with Crippen molar-refractivity contribution in [2.45, 2.75) is 38.8 Å². The van der Waals surface area contributed by atoms with E-state index in [1.807, 2.05) is 0 Å². The molecule has 6 nitrogen and oxygen atoms in total. The minimum absolute atomic E-state index is 0.204. The highest BCUT2D eigenvalue weighted by Gasteiger charge is 2.28. The number of carbonyl (C=O) groups excluding carboxylic acids is 1. The second-order valence-electron chi connectivity index (χ2n) is 8.35. The van der Waals surface area contributed by atoms with E-state index in [-0.39, 0.29) is 11.7 Å². The molecule has 0 bridgehead atoms. The van der Waals surface area contributed by atoms with Crippen molar-refractivity contribution in [3.63, 3.8) is 0 Å². The number of benzene rings is 1. The third-order valence-corrected chi connectivity index (χ3v) is 6.91. The normalized spacial score (nSPS) is 22.7. The van der Waals surface area contributed by atoms with E-state index >= 15 is 0 Å². The number of likely N-dealkylation sites (N-methyl/N-ethyl adjacent to an activating group) is 1. The van der Waals surface area contributed by atoms with Crippen molar-refractivity contribution >= 4 is 28.6 Å². The predicted molar refractivity (Wildman–Crippen MR) is 116 cm³/mol. The minimum Gasteiger partial charge on any atom is -0.397 e. The molecule has 4 rings (SSSR count). The van der Waals surface area contributed by atoms with E-state index in [0.717, 1.165) is 18.8 Å². The fourth-order valence-electron chi connectivity index (χ4n) is 3.77. The molecule has 156 valence electrons. The van der Waals surface area contributed by atoms with Crippen LogP contribution in [0.1, 0.15) is 37.2 Å². The summed E-state index contributed by atoms with van der Waals surface area (Å²) in [6.07, 6.45) is 2.34. The number of nitrogens with two attached hydrogens (primary N) is 1. The van der Waals surface area contributed by atoms with Gasteiger partial charge in [0.05, 0.1) is 11.4 Å². The van der Waals surface area contributed by atoms with Crippen LogP contribution in [-0.2, 0) is 0 Å². The van der Waals surface area contributed by atoms with Gasteiger partial charge in [-0.05, 0) is 45.7 Å². The van der Waals surface area contributed by atoms with Crippen molar-refractivity contribution in [2.75, 3.05) is 37.3 Å². The summed E-state index contributed by atoms with van der Waals surface area (Å²) in [5.74, 6) is 0.0272. The summed E-state index contributed by atoms with van der Waals surface area (Å²) < 4.78 is 15.0. The third-order valence-electron chi connectivity index (χ3n) is 6.03. The van der Waals surface area contributed by atoms with Gasteiger partial charge in [0.15, 0.2) is 0 Å². The van der Waals surface area contributed by atoms with Gasteiger partial charge in [0.25, 0.3) is 5.91 Å². The first kappa shape index (κ1) is 20.1. The lowest BCUT2D eigenvalue weighted by Crippen LogP contribution is -2.55. The summed E-state index contributed by atoms with van der Waals surface area (Å²) in [6.45, 7) is 6.60. The molecule has 1 aromatic carbocycles. The highest BCUT2D eigenvalue weighted by atomic mass is 32.1. The van der Waals surface area contributed by atoms with Gasteiger partial charge in [0.1, 0.15) is 16.5 Å². The summed E-state index contributed by atoms with van der Waals surface area (Å²) in [4.78, 5) is 21.0. The van der Waals surface area contributed by atoms with E-state index in [2.05, 4.69) is 41.0 Å². The number of nitrogens with zero attached hydrogens (tertiary/aromatic N) is 3. The molecule has 2 unspecified atom stereocenters. The van der Waals surface area contributed by atoms with Gasteiger partial charge in [-0.25, -0.2) is 9.37 Å². The number of thiazole rings is 1. The molecule has 8 heteroatoms. The Balaban J connectivity index is 1.53. The molecule has 1 aromatic heterocycles. The molecule has 0 spiro atoms. The second kappa shape index (κ2) is 7.91. The van der Waals surface area contributed by atoms with Gasteiger partial charge >= 0.3 is 0 Å². The monoisotopic (exact) mass is 417 g/mol. The summed E-state index contributed by atoms with van der Waals surface area (Å²) in [5.41, 5.74) is 8.23. The van der Waals surface area contributed by atoms with Gasteiger partial charge in [-0.15, -0.1) is 11.3 Å². The van der Waals surface area contributed by atoms with Gasteiger partial charge in [0, 0.05) is 48.7 Å². The first-order valence-electron chi connectivity index (χ1n) is 10.1. The van der Waals surface area contributed by atoms with Crippen LogP contribution >= 0.6 is 11.3 Å². The molecule has 1 saturated carbocycles. The fraction of sp³-hybridized carbons (Fsp3) is 0.524. The van der Waals surface area contributed by atoms with E-state index in [0.29, 0.717) is 46.5 Å². The molecular formula is C21H28FN5OS. The Labute approximate surface area is 174 Å². The lowest BCUT2D eigenvalue weighted by Gasteiger charge is -2.43. The van der Waals surface area contributed by atoms with Crippen LogP contribution in [0.25, 0.3) is 10.6 Å². The molecule has 1 saturated heterocycles. The van der Waals surface area contributed by atoms with Crippen molar-refractivity contribution in [3.05, 3.63) is 29.0 Å². The quantitative estimate of drug-likeness (QED) is 0.731. The smallest absolute Gasteiger partial charge is 0.270 e. The maximum Gasteiger partial charge on any atom is 0.270 e. The average molecular weight is 418 g/mol. The number of hydrogen-bond acceptors (Lipinski definition) is 6. The molecule has 2 fully saturated rings. The Hall–Kier alpha value is -2.19. The van der Waals surface area contributed by atoms with Gasteiger partial charge in [-0.1, -0.05) is 0 Å². The first-order chi connectivity index (χ1) is 13.8. The Morgan fingerprint density at radius 1 is 1.31 bits per heavy atom.